The van der Waals surface area contributed by atoms with Gasteiger partial charge in [-0.2, -0.15) is 0 Å². The van der Waals surface area contributed by atoms with Crippen LogP contribution >= 0.6 is 0 Å². The molecule has 0 aliphatic carbocycles. The molecule has 1 amide bonds. The van der Waals surface area contributed by atoms with E-state index in [9.17, 15) is 4.79 Å². The Morgan fingerprint density at radius 1 is 1.38 bits per heavy atom. The van der Waals surface area contributed by atoms with E-state index in [-0.39, 0.29) is 18.6 Å². The van der Waals surface area contributed by atoms with Gasteiger partial charge in [0.1, 0.15) is 6.61 Å². The second-order valence-electron chi connectivity index (χ2n) is 3.63. The van der Waals surface area contributed by atoms with Crippen LogP contribution in [0.15, 0.2) is 0 Å². The van der Waals surface area contributed by atoms with Crippen LogP contribution in [0.1, 0.15) is 12.8 Å². The van der Waals surface area contributed by atoms with Gasteiger partial charge in [-0.25, -0.2) is 5.48 Å². The van der Waals surface area contributed by atoms with Crippen LogP contribution in [0, 0.1) is 0 Å². The molecule has 2 N–H and O–H groups in total. The standard InChI is InChI=1S/C10H20N2O4/c1-14-6-7-16-12-10(13)8-15-9-2-4-11-5-3-9/h9,11H,2-8H2,1H3,(H,12,13). The average Bonchev–Trinajstić information content (AvgIpc) is 2.33. The lowest BCUT2D eigenvalue weighted by molar-refractivity contribution is -0.141. The number of piperidine rings is 1. The number of nitrogens with one attached hydrogen (secondary N) is 2. The molecular weight excluding hydrogens is 212 g/mol. The van der Waals surface area contributed by atoms with Crippen LogP contribution in [0.25, 0.3) is 0 Å². The maximum Gasteiger partial charge on any atom is 0.269 e. The summed E-state index contributed by atoms with van der Waals surface area (Å²) in [6.45, 7) is 2.76. The maximum absolute atomic E-state index is 11.2. The summed E-state index contributed by atoms with van der Waals surface area (Å²) in [4.78, 5) is 16.1. The highest BCUT2D eigenvalue weighted by Gasteiger charge is 2.14. The van der Waals surface area contributed by atoms with Gasteiger partial charge in [-0.05, 0) is 25.9 Å². The Balaban J connectivity index is 1.96. The van der Waals surface area contributed by atoms with Gasteiger partial charge in [0.2, 0.25) is 0 Å². The van der Waals surface area contributed by atoms with Crippen molar-refractivity contribution >= 4 is 5.91 Å². The lowest BCUT2D eigenvalue weighted by atomic mass is 10.1. The van der Waals surface area contributed by atoms with E-state index >= 15 is 0 Å². The summed E-state index contributed by atoms with van der Waals surface area (Å²) in [5, 5.41) is 3.23. The Morgan fingerprint density at radius 3 is 2.81 bits per heavy atom. The molecule has 1 aliphatic rings. The summed E-state index contributed by atoms with van der Waals surface area (Å²) in [6, 6.07) is 0. The normalized spacial score (nSPS) is 17.3. The van der Waals surface area contributed by atoms with Crippen LogP contribution in [0.5, 0.6) is 0 Å². The summed E-state index contributed by atoms with van der Waals surface area (Å²) in [5.41, 5.74) is 2.30. The fourth-order valence-corrected chi connectivity index (χ4v) is 1.44. The molecule has 1 rings (SSSR count). The van der Waals surface area contributed by atoms with Gasteiger partial charge in [-0.15, -0.1) is 0 Å². The van der Waals surface area contributed by atoms with Crippen molar-refractivity contribution in [3.63, 3.8) is 0 Å². The Morgan fingerprint density at radius 2 is 2.12 bits per heavy atom. The van der Waals surface area contributed by atoms with Crippen LogP contribution in [-0.4, -0.2) is 52.0 Å². The zero-order valence-corrected chi connectivity index (χ0v) is 9.66. The number of rotatable bonds is 7. The second-order valence-corrected chi connectivity index (χ2v) is 3.63. The van der Waals surface area contributed by atoms with Crippen LogP contribution in [0.4, 0.5) is 0 Å². The van der Waals surface area contributed by atoms with E-state index in [1.807, 2.05) is 0 Å². The quantitative estimate of drug-likeness (QED) is 0.455. The number of hydrogen-bond donors (Lipinski definition) is 2. The Labute approximate surface area is 95.6 Å². The minimum Gasteiger partial charge on any atom is -0.382 e. The highest BCUT2D eigenvalue weighted by molar-refractivity contribution is 5.76. The fourth-order valence-electron chi connectivity index (χ4n) is 1.44. The van der Waals surface area contributed by atoms with Crippen molar-refractivity contribution in [1.29, 1.82) is 0 Å². The second kappa shape index (κ2) is 8.46. The zero-order valence-electron chi connectivity index (χ0n) is 9.66. The summed E-state index contributed by atoms with van der Waals surface area (Å²) < 4.78 is 10.2. The molecule has 6 nitrogen and oxygen atoms in total. The number of hydroxylamine groups is 1. The summed E-state index contributed by atoms with van der Waals surface area (Å²) >= 11 is 0. The maximum atomic E-state index is 11.2. The molecule has 1 fully saturated rings. The van der Waals surface area contributed by atoms with Crippen molar-refractivity contribution in [2.75, 3.05) is 40.0 Å². The monoisotopic (exact) mass is 232 g/mol. The minimum atomic E-state index is -0.255. The molecule has 0 unspecified atom stereocenters. The average molecular weight is 232 g/mol. The van der Waals surface area contributed by atoms with Crippen molar-refractivity contribution in [2.24, 2.45) is 0 Å². The Kier molecular flexibility index (Phi) is 7.07. The highest BCUT2D eigenvalue weighted by atomic mass is 16.7. The van der Waals surface area contributed by atoms with E-state index in [1.165, 1.54) is 0 Å². The molecule has 0 radical (unpaired) electrons. The Bertz CT molecular complexity index is 195. The van der Waals surface area contributed by atoms with Gasteiger partial charge in [0.05, 0.1) is 19.3 Å². The predicted molar refractivity (Wildman–Crippen MR) is 57.8 cm³/mol. The third kappa shape index (κ3) is 6.02. The number of carbonyl (C=O) groups is 1. The topological polar surface area (TPSA) is 68.8 Å². The van der Waals surface area contributed by atoms with Crippen LogP contribution < -0.4 is 10.8 Å². The third-order valence-electron chi connectivity index (χ3n) is 2.31. The van der Waals surface area contributed by atoms with Crippen molar-refractivity contribution in [3.8, 4) is 0 Å². The smallest absolute Gasteiger partial charge is 0.269 e. The number of ether oxygens (including phenoxy) is 2. The van der Waals surface area contributed by atoms with Gasteiger partial charge in [-0.3, -0.25) is 9.63 Å². The van der Waals surface area contributed by atoms with E-state index in [1.54, 1.807) is 7.11 Å². The van der Waals surface area contributed by atoms with Crippen molar-refractivity contribution in [3.05, 3.63) is 0 Å². The number of carbonyl (C=O) groups excluding carboxylic acids is 1. The van der Waals surface area contributed by atoms with Crippen LogP contribution in [0.2, 0.25) is 0 Å². The van der Waals surface area contributed by atoms with Gasteiger partial charge in [0.15, 0.2) is 0 Å². The van der Waals surface area contributed by atoms with Crippen molar-refractivity contribution in [2.45, 2.75) is 18.9 Å². The molecular formula is C10H20N2O4. The SMILES string of the molecule is COCCONC(=O)COC1CCNCC1. The van der Waals surface area contributed by atoms with E-state index in [2.05, 4.69) is 10.8 Å². The number of hydrogen-bond acceptors (Lipinski definition) is 5. The molecule has 1 heterocycles. The molecule has 0 saturated carbocycles. The van der Waals surface area contributed by atoms with E-state index in [4.69, 9.17) is 14.3 Å². The largest absolute Gasteiger partial charge is 0.382 e. The van der Waals surface area contributed by atoms with Crippen LogP contribution in [0.3, 0.4) is 0 Å². The van der Waals surface area contributed by atoms with Gasteiger partial charge >= 0.3 is 0 Å². The van der Waals surface area contributed by atoms with Gasteiger partial charge in [-0.1, -0.05) is 0 Å². The molecule has 0 atom stereocenters. The van der Waals surface area contributed by atoms with E-state index in [0.29, 0.717) is 13.2 Å². The summed E-state index contributed by atoms with van der Waals surface area (Å²) in [6.07, 6.45) is 2.10. The number of amides is 1. The molecule has 1 aliphatic heterocycles. The van der Waals surface area contributed by atoms with E-state index < -0.39 is 0 Å². The van der Waals surface area contributed by atoms with Crippen LogP contribution in [-0.2, 0) is 19.1 Å². The zero-order chi connectivity index (χ0) is 11.6. The molecule has 0 spiro atoms. The molecule has 0 aromatic heterocycles. The molecule has 94 valence electrons. The first-order chi connectivity index (χ1) is 7.83. The summed E-state index contributed by atoms with van der Waals surface area (Å²) in [7, 11) is 1.57. The first kappa shape index (κ1) is 13.4. The molecule has 0 bridgehead atoms. The van der Waals surface area contributed by atoms with E-state index in [0.717, 1.165) is 25.9 Å². The molecule has 0 aromatic carbocycles. The molecule has 0 aromatic rings. The minimum absolute atomic E-state index is 0.0532. The molecule has 16 heavy (non-hydrogen) atoms. The lowest BCUT2D eigenvalue weighted by Gasteiger charge is -2.22. The Hall–Kier alpha value is -0.690. The first-order valence-corrected chi connectivity index (χ1v) is 5.55. The van der Waals surface area contributed by atoms with Crippen molar-refractivity contribution in [1.82, 2.24) is 10.8 Å². The van der Waals surface area contributed by atoms with Gasteiger partial charge in [0, 0.05) is 7.11 Å². The number of methoxy groups -OCH3 is 1. The van der Waals surface area contributed by atoms with Crippen molar-refractivity contribution < 1.29 is 19.1 Å². The van der Waals surface area contributed by atoms with Gasteiger partial charge < -0.3 is 14.8 Å². The highest BCUT2D eigenvalue weighted by Crippen LogP contribution is 2.06. The predicted octanol–water partition coefficient (Wildman–Crippen LogP) is -0.551. The third-order valence-corrected chi connectivity index (χ3v) is 2.31. The molecule has 1 saturated heterocycles. The summed E-state index contributed by atoms with van der Waals surface area (Å²) in [5.74, 6) is -0.255. The lowest BCUT2D eigenvalue weighted by Crippen LogP contribution is -2.36. The fraction of sp³-hybridized carbons (Fsp3) is 0.900. The first-order valence-electron chi connectivity index (χ1n) is 5.55. The van der Waals surface area contributed by atoms with Gasteiger partial charge in [0.25, 0.3) is 5.91 Å². The molecule has 6 heteroatoms.